The molecule has 1 heterocycles. The van der Waals surface area contributed by atoms with E-state index >= 15 is 0 Å². The van der Waals surface area contributed by atoms with Gasteiger partial charge in [0.2, 0.25) is 0 Å². The number of nitrogens with one attached hydrogen (secondary N) is 1. The van der Waals surface area contributed by atoms with Crippen molar-refractivity contribution in [3.63, 3.8) is 0 Å². The maximum atomic E-state index is 13.0. The van der Waals surface area contributed by atoms with Gasteiger partial charge in [0.25, 0.3) is 11.8 Å². The van der Waals surface area contributed by atoms with E-state index in [2.05, 4.69) is 5.32 Å². The minimum Gasteiger partial charge on any atom is -0.511 e. The Bertz CT molecular complexity index is 986. The Balaban J connectivity index is 1.64. The molecule has 0 spiro atoms. The number of ether oxygens (including phenoxy) is 1. The summed E-state index contributed by atoms with van der Waals surface area (Å²) in [5, 5.41) is 20.7. The molecule has 9 heteroatoms. The molecule has 2 amide bonds. The summed E-state index contributed by atoms with van der Waals surface area (Å²) in [4.78, 5) is 36.7. The van der Waals surface area contributed by atoms with E-state index in [9.17, 15) is 23.9 Å². The van der Waals surface area contributed by atoms with Crippen molar-refractivity contribution in [2.24, 2.45) is 0 Å². The number of aliphatic hydroxyl groups is 1. The predicted octanol–water partition coefficient (Wildman–Crippen LogP) is 2.36. The fraction of sp³-hybridized carbons (Fsp3) is 0.190. The molecule has 0 fully saturated rings. The van der Waals surface area contributed by atoms with Gasteiger partial charge in [0, 0.05) is 19.5 Å². The van der Waals surface area contributed by atoms with Crippen LogP contribution in [0.15, 0.2) is 59.9 Å². The van der Waals surface area contributed by atoms with Crippen molar-refractivity contribution >= 4 is 17.8 Å². The number of hydrogen-bond donors (Lipinski definition) is 3. The molecule has 1 aliphatic rings. The maximum Gasteiger partial charge on any atom is 0.322 e. The largest absolute Gasteiger partial charge is 0.511 e. The van der Waals surface area contributed by atoms with Crippen LogP contribution in [0.1, 0.15) is 12.0 Å². The number of aliphatic carboxylic acids is 1. The zero-order valence-electron chi connectivity index (χ0n) is 15.8. The lowest BCUT2D eigenvalue weighted by atomic mass is 10.0. The molecule has 156 valence electrons. The average molecular weight is 414 g/mol. The van der Waals surface area contributed by atoms with Crippen LogP contribution < -0.4 is 10.1 Å². The summed E-state index contributed by atoms with van der Waals surface area (Å²) in [5.41, 5.74) is 0.320. The number of hydrogen-bond acceptors (Lipinski definition) is 5. The highest BCUT2D eigenvalue weighted by molar-refractivity contribution is 6.19. The number of nitrogens with zero attached hydrogens (tertiary/aromatic N) is 1. The molecule has 2 aromatic rings. The highest BCUT2D eigenvalue weighted by Gasteiger charge is 2.32. The molecule has 0 aliphatic carbocycles. The van der Waals surface area contributed by atoms with Crippen molar-refractivity contribution in [1.29, 1.82) is 0 Å². The van der Waals surface area contributed by atoms with Crippen LogP contribution in [-0.2, 0) is 20.9 Å². The smallest absolute Gasteiger partial charge is 0.322 e. The first-order valence-corrected chi connectivity index (χ1v) is 9.07. The third-order valence-electron chi connectivity index (χ3n) is 4.38. The Hall–Kier alpha value is -3.88. The number of carbonyl (C=O) groups is 3. The van der Waals surface area contributed by atoms with Crippen LogP contribution in [0.2, 0.25) is 0 Å². The SMILES string of the molecule is O=C(O)CNC(=O)C1=C(O)CCN(Cc2ccc(Oc3ccc(F)cc3)cc2)C1=O. The fourth-order valence-corrected chi connectivity index (χ4v) is 2.89. The summed E-state index contributed by atoms with van der Waals surface area (Å²) in [6, 6.07) is 12.5. The summed E-state index contributed by atoms with van der Waals surface area (Å²) < 4.78 is 18.6. The van der Waals surface area contributed by atoms with Gasteiger partial charge in [-0.05, 0) is 42.0 Å². The molecule has 0 atom stereocenters. The Morgan fingerprint density at radius 2 is 1.67 bits per heavy atom. The summed E-state index contributed by atoms with van der Waals surface area (Å²) in [6.07, 6.45) is 0.0906. The average Bonchev–Trinajstić information content (AvgIpc) is 2.72. The Morgan fingerprint density at radius 3 is 2.27 bits per heavy atom. The maximum absolute atomic E-state index is 13.0. The van der Waals surface area contributed by atoms with E-state index in [1.54, 1.807) is 24.3 Å². The van der Waals surface area contributed by atoms with Gasteiger partial charge in [-0.1, -0.05) is 12.1 Å². The second-order valence-corrected chi connectivity index (χ2v) is 6.57. The number of rotatable bonds is 7. The number of carboxylic acids is 1. The molecule has 0 radical (unpaired) electrons. The Morgan fingerprint density at radius 1 is 1.07 bits per heavy atom. The first-order valence-electron chi connectivity index (χ1n) is 9.07. The lowest BCUT2D eigenvalue weighted by Gasteiger charge is -2.28. The summed E-state index contributed by atoms with van der Waals surface area (Å²) in [6.45, 7) is -0.245. The van der Waals surface area contributed by atoms with Crippen LogP contribution in [0.4, 0.5) is 4.39 Å². The van der Waals surface area contributed by atoms with Crippen molar-refractivity contribution in [3.05, 3.63) is 71.2 Å². The molecule has 8 nitrogen and oxygen atoms in total. The number of carbonyl (C=O) groups excluding carboxylic acids is 2. The van der Waals surface area contributed by atoms with E-state index in [-0.39, 0.29) is 31.1 Å². The molecule has 30 heavy (non-hydrogen) atoms. The molecule has 0 saturated heterocycles. The van der Waals surface area contributed by atoms with Crippen molar-refractivity contribution in [1.82, 2.24) is 10.2 Å². The molecular weight excluding hydrogens is 395 g/mol. The topological polar surface area (TPSA) is 116 Å². The van der Waals surface area contributed by atoms with Gasteiger partial charge < -0.3 is 25.2 Å². The van der Waals surface area contributed by atoms with E-state index in [1.807, 2.05) is 0 Å². The molecule has 3 N–H and O–H groups in total. The standard InChI is InChI=1S/C21H19FN2O6/c22-14-3-7-16(8-4-14)30-15-5-1-13(2-6-15)12-24-10-9-17(25)19(21(24)29)20(28)23-11-18(26)27/h1-8,25H,9-12H2,(H,23,28)(H,26,27). The normalized spacial score (nSPS) is 13.9. The molecule has 0 bridgehead atoms. The number of benzene rings is 2. The van der Waals surface area contributed by atoms with Gasteiger partial charge in [-0.15, -0.1) is 0 Å². The van der Waals surface area contributed by atoms with Crippen molar-refractivity contribution < 1.29 is 33.7 Å². The minimum absolute atomic E-state index is 0.0906. The second kappa shape index (κ2) is 9.08. The molecule has 3 rings (SSSR count). The first-order chi connectivity index (χ1) is 14.3. The Labute approximate surface area is 171 Å². The van der Waals surface area contributed by atoms with Crippen LogP contribution in [0.3, 0.4) is 0 Å². The number of amides is 2. The predicted molar refractivity (Wildman–Crippen MR) is 103 cm³/mol. The highest BCUT2D eigenvalue weighted by atomic mass is 19.1. The van der Waals surface area contributed by atoms with Crippen LogP contribution in [-0.4, -0.2) is 46.0 Å². The minimum atomic E-state index is -1.26. The van der Waals surface area contributed by atoms with Gasteiger partial charge in [0.1, 0.15) is 35.2 Å². The third-order valence-corrected chi connectivity index (χ3v) is 4.38. The van der Waals surface area contributed by atoms with E-state index in [1.165, 1.54) is 29.2 Å². The lowest BCUT2D eigenvalue weighted by molar-refractivity contribution is -0.138. The van der Waals surface area contributed by atoms with Gasteiger partial charge in [-0.3, -0.25) is 14.4 Å². The van der Waals surface area contributed by atoms with Gasteiger partial charge >= 0.3 is 5.97 Å². The van der Waals surface area contributed by atoms with Crippen LogP contribution in [0, 0.1) is 5.82 Å². The van der Waals surface area contributed by atoms with E-state index in [4.69, 9.17) is 9.84 Å². The number of halogens is 1. The summed E-state index contributed by atoms with van der Waals surface area (Å²) in [5.74, 6) is -2.57. The third kappa shape index (κ3) is 5.13. The van der Waals surface area contributed by atoms with Gasteiger partial charge in [-0.25, -0.2) is 4.39 Å². The first kappa shape index (κ1) is 20.8. The monoisotopic (exact) mass is 414 g/mol. The fourth-order valence-electron chi connectivity index (χ4n) is 2.89. The molecule has 2 aromatic carbocycles. The van der Waals surface area contributed by atoms with Crippen LogP contribution >= 0.6 is 0 Å². The molecule has 0 unspecified atom stereocenters. The second-order valence-electron chi connectivity index (χ2n) is 6.57. The van der Waals surface area contributed by atoms with Crippen LogP contribution in [0.5, 0.6) is 11.5 Å². The van der Waals surface area contributed by atoms with Gasteiger partial charge in [0.05, 0.1) is 0 Å². The molecule has 1 aliphatic heterocycles. The van der Waals surface area contributed by atoms with Crippen molar-refractivity contribution in [3.8, 4) is 11.5 Å². The van der Waals surface area contributed by atoms with Crippen LogP contribution in [0.25, 0.3) is 0 Å². The van der Waals surface area contributed by atoms with Crippen molar-refractivity contribution in [2.45, 2.75) is 13.0 Å². The molecule has 0 saturated carbocycles. The molecular formula is C21H19FN2O6. The summed E-state index contributed by atoms with van der Waals surface area (Å²) >= 11 is 0. The van der Waals surface area contributed by atoms with E-state index in [0.29, 0.717) is 11.5 Å². The highest BCUT2D eigenvalue weighted by Crippen LogP contribution is 2.24. The van der Waals surface area contributed by atoms with Gasteiger partial charge in [-0.2, -0.15) is 0 Å². The summed E-state index contributed by atoms with van der Waals surface area (Å²) in [7, 11) is 0. The molecule has 0 aromatic heterocycles. The van der Waals surface area contributed by atoms with E-state index in [0.717, 1.165) is 5.56 Å². The quantitative estimate of drug-likeness (QED) is 0.599. The number of carboxylic acid groups (broad SMARTS) is 1. The zero-order valence-corrected chi connectivity index (χ0v) is 15.8. The number of aliphatic hydroxyl groups excluding tert-OH is 1. The Kier molecular flexibility index (Phi) is 6.31. The van der Waals surface area contributed by atoms with Crippen molar-refractivity contribution in [2.75, 3.05) is 13.1 Å². The lowest BCUT2D eigenvalue weighted by Crippen LogP contribution is -2.43. The zero-order chi connectivity index (χ0) is 21.7. The van der Waals surface area contributed by atoms with E-state index < -0.39 is 29.9 Å². The van der Waals surface area contributed by atoms with Gasteiger partial charge in [0.15, 0.2) is 0 Å².